The molecule has 0 fully saturated rings. The minimum atomic E-state index is -3.12. The van der Waals surface area contributed by atoms with Crippen molar-refractivity contribution >= 4 is 5.69 Å². The van der Waals surface area contributed by atoms with E-state index in [4.69, 9.17) is 9.84 Å². The third-order valence-electron chi connectivity index (χ3n) is 1.95. The van der Waals surface area contributed by atoms with Crippen molar-refractivity contribution in [1.29, 1.82) is 0 Å². The second kappa shape index (κ2) is 5.39. The molecule has 0 amide bonds. The number of nitro benzene ring substituents is 1. The van der Waals surface area contributed by atoms with Crippen LogP contribution in [0.3, 0.4) is 0 Å². The first-order chi connectivity index (χ1) is 7.99. The third-order valence-corrected chi connectivity index (χ3v) is 1.95. The van der Waals surface area contributed by atoms with Crippen molar-refractivity contribution in [2.45, 2.75) is 13.2 Å². The SMILES string of the molecule is COc1cc(CO)c([N+](=O)[O-])cc1OC(F)F. The van der Waals surface area contributed by atoms with Crippen molar-refractivity contribution in [2.24, 2.45) is 0 Å². The Morgan fingerprint density at radius 3 is 2.53 bits per heavy atom. The zero-order chi connectivity index (χ0) is 13.0. The Morgan fingerprint density at radius 2 is 2.12 bits per heavy atom. The number of aliphatic hydroxyl groups is 1. The lowest BCUT2D eigenvalue weighted by atomic mass is 10.1. The second-order valence-corrected chi connectivity index (χ2v) is 2.93. The van der Waals surface area contributed by atoms with Crippen LogP contribution in [0.25, 0.3) is 0 Å². The quantitative estimate of drug-likeness (QED) is 0.634. The highest BCUT2D eigenvalue weighted by molar-refractivity contribution is 5.54. The molecule has 0 bridgehead atoms. The first kappa shape index (κ1) is 13.1. The van der Waals surface area contributed by atoms with Crippen LogP contribution in [0, 0.1) is 10.1 Å². The smallest absolute Gasteiger partial charge is 0.387 e. The molecule has 0 aliphatic heterocycles. The summed E-state index contributed by atoms with van der Waals surface area (Å²) >= 11 is 0. The Morgan fingerprint density at radius 1 is 1.47 bits per heavy atom. The van der Waals surface area contributed by atoms with Gasteiger partial charge in [-0.3, -0.25) is 10.1 Å². The summed E-state index contributed by atoms with van der Waals surface area (Å²) in [7, 11) is 1.20. The van der Waals surface area contributed by atoms with Crippen LogP contribution >= 0.6 is 0 Å². The van der Waals surface area contributed by atoms with E-state index < -0.39 is 29.6 Å². The molecule has 0 saturated carbocycles. The molecule has 94 valence electrons. The molecule has 0 aliphatic rings. The third kappa shape index (κ3) is 3.00. The maximum absolute atomic E-state index is 12.1. The van der Waals surface area contributed by atoms with Gasteiger partial charge in [-0.15, -0.1) is 0 Å². The van der Waals surface area contributed by atoms with Gasteiger partial charge in [-0.2, -0.15) is 8.78 Å². The van der Waals surface area contributed by atoms with Crippen LogP contribution in [0.2, 0.25) is 0 Å². The number of hydrogen-bond donors (Lipinski definition) is 1. The fraction of sp³-hybridized carbons (Fsp3) is 0.333. The summed E-state index contributed by atoms with van der Waals surface area (Å²) in [6.07, 6.45) is 0. The fourth-order valence-corrected chi connectivity index (χ4v) is 1.24. The molecule has 6 nitrogen and oxygen atoms in total. The van der Waals surface area contributed by atoms with E-state index in [1.54, 1.807) is 0 Å². The number of alkyl halides is 2. The summed E-state index contributed by atoms with van der Waals surface area (Å²) in [4.78, 5) is 9.83. The zero-order valence-electron chi connectivity index (χ0n) is 8.72. The van der Waals surface area contributed by atoms with Gasteiger partial charge in [0.15, 0.2) is 11.5 Å². The molecule has 0 atom stereocenters. The van der Waals surface area contributed by atoms with Crippen molar-refractivity contribution in [2.75, 3.05) is 7.11 Å². The fourth-order valence-electron chi connectivity index (χ4n) is 1.24. The van der Waals surface area contributed by atoms with E-state index in [0.717, 1.165) is 12.1 Å². The lowest BCUT2D eigenvalue weighted by molar-refractivity contribution is -0.386. The van der Waals surface area contributed by atoms with Gasteiger partial charge in [0.25, 0.3) is 5.69 Å². The summed E-state index contributed by atoms with van der Waals surface area (Å²) < 4.78 is 32.9. The molecule has 0 aliphatic carbocycles. The summed E-state index contributed by atoms with van der Waals surface area (Å²) in [6.45, 7) is -3.73. The molecule has 1 aromatic rings. The van der Waals surface area contributed by atoms with Gasteiger partial charge in [-0.1, -0.05) is 0 Å². The Hall–Kier alpha value is -1.96. The normalized spacial score (nSPS) is 10.4. The first-order valence-corrected chi connectivity index (χ1v) is 4.40. The molecule has 0 unspecified atom stereocenters. The zero-order valence-corrected chi connectivity index (χ0v) is 8.72. The predicted octanol–water partition coefficient (Wildman–Crippen LogP) is 1.70. The lowest BCUT2D eigenvalue weighted by Gasteiger charge is -2.11. The van der Waals surface area contributed by atoms with Gasteiger partial charge < -0.3 is 14.6 Å². The summed E-state index contributed by atoms with van der Waals surface area (Å²) in [5.41, 5.74) is -0.558. The number of ether oxygens (including phenoxy) is 2. The van der Waals surface area contributed by atoms with Gasteiger partial charge in [-0.25, -0.2) is 0 Å². The standard InChI is InChI=1S/C9H9F2NO5/c1-16-7-2-5(4-13)6(12(14)15)3-8(7)17-9(10)11/h2-3,9,13H,4H2,1H3. The number of methoxy groups -OCH3 is 1. The van der Waals surface area contributed by atoms with Crippen molar-refractivity contribution in [3.63, 3.8) is 0 Å². The van der Waals surface area contributed by atoms with Crippen LogP contribution in [-0.4, -0.2) is 23.8 Å². The van der Waals surface area contributed by atoms with Crippen LogP contribution < -0.4 is 9.47 Å². The summed E-state index contributed by atoms with van der Waals surface area (Å²) in [5.74, 6) is -0.564. The minimum absolute atomic E-state index is 0.0477. The molecule has 17 heavy (non-hydrogen) atoms. The largest absolute Gasteiger partial charge is 0.493 e. The molecular formula is C9H9F2NO5. The summed E-state index contributed by atoms with van der Waals surface area (Å²) in [6, 6.07) is 1.87. The molecule has 0 heterocycles. The molecule has 0 saturated heterocycles. The Labute approximate surface area is 94.5 Å². The van der Waals surface area contributed by atoms with Gasteiger partial charge in [0.2, 0.25) is 0 Å². The van der Waals surface area contributed by atoms with Crippen LogP contribution in [-0.2, 0) is 6.61 Å². The number of nitrogens with zero attached hydrogens (tertiary/aromatic N) is 1. The van der Waals surface area contributed by atoms with Gasteiger partial charge in [0.1, 0.15) is 0 Å². The minimum Gasteiger partial charge on any atom is -0.493 e. The average Bonchev–Trinajstić information content (AvgIpc) is 2.27. The van der Waals surface area contributed by atoms with Crippen molar-refractivity contribution in [3.05, 3.63) is 27.8 Å². The van der Waals surface area contributed by atoms with E-state index in [2.05, 4.69) is 4.74 Å². The lowest BCUT2D eigenvalue weighted by Crippen LogP contribution is -2.05. The van der Waals surface area contributed by atoms with Crippen molar-refractivity contribution < 1.29 is 28.3 Å². The molecule has 0 spiro atoms. The van der Waals surface area contributed by atoms with Gasteiger partial charge in [0, 0.05) is 0 Å². The van der Waals surface area contributed by atoms with E-state index >= 15 is 0 Å². The predicted molar refractivity (Wildman–Crippen MR) is 52.2 cm³/mol. The van der Waals surface area contributed by atoms with Crippen LogP contribution in [0.15, 0.2) is 12.1 Å². The van der Waals surface area contributed by atoms with Crippen LogP contribution in [0.1, 0.15) is 5.56 Å². The molecule has 1 aromatic carbocycles. The second-order valence-electron chi connectivity index (χ2n) is 2.93. The number of benzene rings is 1. The number of aliphatic hydroxyl groups excluding tert-OH is 1. The van der Waals surface area contributed by atoms with Gasteiger partial charge >= 0.3 is 6.61 Å². The number of hydrogen-bond acceptors (Lipinski definition) is 5. The van der Waals surface area contributed by atoms with E-state index in [-0.39, 0.29) is 11.3 Å². The summed E-state index contributed by atoms with van der Waals surface area (Å²) in [5, 5.41) is 19.5. The van der Waals surface area contributed by atoms with Crippen LogP contribution in [0.4, 0.5) is 14.5 Å². The number of halogens is 2. The van der Waals surface area contributed by atoms with E-state index in [9.17, 15) is 18.9 Å². The maximum Gasteiger partial charge on any atom is 0.387 e. The maximum atomic E-state index is 12.1. The molecule has 0 radical (unpaired) electrons. The topological polar surface area (TPSA) is 81.8 Å². The molecule has 0 aromatic heterocycles. The van der Waals surface area contributed by atoms with Gasteiger partial charge in [-0.05, 0) is 6.07 Å². The number of nitro groups is 1. The van der Waals surface area contributed by atoms with Crippen molar-refractivity contribution in [1.82, 2.24) is 0 Å². The van der Waals surface area contributed by atoms with Gasteiger partial charge in [0.05, 0.1) is 30.3 Å². The average molecular weight is 249 g/mol. The van der Waals surface area contributed by atoms with E-state index in [0.29, 0.717) is 0 Å². The van der Waals surface area contributed by atoms with E-state index in [1.165, 1.54) is 7.11 Å². The highest BCUT2D eigenvalue weighted by atomic mass is 19.3. The first-order valence-electron chi connectivity index (χ1n) is 4.40. The Bertz CT molecular complexity index is 424. The Balaban J connectivity index is 3.28. The van der Waals surface area contributed by atoms with E-state index in [1.807, 2.05) is 0 Å². The number of rotatable bonds is 5. The van der Waals surface area contributed by atoms with Crippen molar-refractivity contribution in [3.8, 4) is 11.5 Å². The monoisotopic (exact) mass is 249 g/mol. The molecule has 1 rings (SSSR count). The Kier molecular flexibility index (Phi) is 4.16. The molecule has 8 heteroatoms. The van der Waals surface area contributed by atoms with Crippen LogP contribution in [0.5, 0.6) is 11.5 Å². The highest BCUT2D eigenvalue weighted by Crippen LogP contribution is 2.35. The molecule has 1 N–H and O–H groups in total. The highest BCUT2D eigenvalue weighted by Gasteiger charge is 2.20. The molecular weight excluding hydrogens is 240 g/mol.